The van der Waals surface area contributed by atoms with Gasteiger partial charge in [-0.2, -0.15) is 22.0 Å². The Balaban J connectivity index is 2.74. The summed E-state index contributed by atoms with van der Waals surface area (Å²) < 4.78 is 39.0. The summed E-state index contributed by atoms with van der Waals surface area (Å²) >= 11 is 3.10. The van der Waals surface area contributed by atoms with Gasteiger partial charge in [0.2, 0.25) is 0 Å². The molecule has 6 heteroatoms. The molecular formula is C9H6BrF3N2. The van der Waals surface area contributed by atoms with Crippen LogP contribution in [0, 0.1) is 6.92 Å². The molecule has 0 bridgehead atoms. The van der Waals surface area contributed by atoms with E-state index >= 15 is 0 Å². The number of hydrogen-bond acceptors (Lipinski definition) is 1. The van der Waals surface area contributed by atoms with Crippen molar-refractivity contribution in [1.82, 2.24) is 8.81 Å². The van der Waals surface area contributed by atoms with Crippen molar-refractivity contribution in [3.63, 3.8) is 0 Å². The van der Waals surface area contributed by atoms with Crippen LogP contribution in [0.3, 0.4) is 0 Å². The van der Waals surface area contributed by atoms with Crippen molar-refractivity contribution in [2.75, 3.05) is 0 Å². The third kappa shape index (κ3) is 1.73. The zero-order chi connectivity index (χ0) is 11.2. The van der Waals surface area contributed by atoms with Crippen LogP contribution in [0.1, 0.15) is 11.1 Å². The number of hydrogen-bond donors (Lipinski definition) is 0. The maximum Gasteiger partial charge on any atom is 0.416 e. The number of benzene rings is 1. The standard InChI is InChI=1S/C9H6BrF3N2/c1-5-2-8-6(4-14-15(8)10)3-7(5)9(11,12)13/h2-4H,1H3. The molecule has 0 unspecified atom stereocenters. The second-order valence-electron chi connectivity index (χ2n) is 3.23. The zero-order valence-electron chi connectivity index (χ0n) is 7.64. The number of fused-ring (bicyclic) bond motifs is 1. The van der Waals surface area contributed by atoms with Gasteiger partial charge in [-0.05, 0) is 24.6 Å². The van der Waals surface area contributed by atoms with Gasteiger partial charge >= 0.3 is 6.18 Å². The molecule has 2 aromatic rings. The minimum Gasteiger partial charge on any atom is -0.197 e. The molecule has 0 aliphatic carbocycles. The lowest BCUT2D eigenvalue weighted by Gasteiger charge is -2.09. The first-order valence-corrected chi connectivity index (χ1v) is 4.82. The number of nitrogens with zero attached hydrogens (tertiary/aromatic N) is 2. The monoisotopic (exact) mass is 278 g/mol. The molecule has 0 saturated heterocycles. The summed E-state index contributed by atoms with van der Waals surface area (Å²) in [5, 5.41) is 4.29. The van der Waals surface area contributed by atoms with E-state index in [1.807, 2.05) is 0 Å². The second kappa shape index (κ2) is 3.23. The first-order valence-electron chi connectivity index (χ1n) is 4.11. The van der Waals surface area contributed by atoms with Gasteiger partial charge in [-0.25, -0.2) is 0 Å². The molecule has 0 atom stereocenters. The average Bonchev–Trinajstić information content (AvgIpc) is 2.45. The molecule has 0 saturated carbocycles. The molecule has 0 radical (unpaired) electrons. The topological polar surface area (TPSA) is 17.8 Å². The van der Waals surface area contributed by atoms with Crippen LogP contribution < -0.4 is 0 Å². The highest BCUT2D eigenvalue weighted by Gasteiger charge is 2.32. The quantitative estimate of drug-likeness (QED) is 0.721. The van der Waals surface area contributed by atoms with Crippen LogP contribution in [0.2, 0.25) is 0 Å². The molecular weight excluding hydrogens is 273 g/mol. The van der Waals surface area contributed by atoms with Gasteiger partial charge in [0.15, 0.2) is 0 Å². The average molecular weight is 279 g/mol. The van der Waals surface area contributed by atoms with E-state index in [-0.39, 0.29) is 5.56 Å². The number of alkyl halides is 3. The molecule has 0 aliphatic heterocycles. The van der Waals surface area contributed by atoms with Crippen LogP contribution in [0.5, 0.6) is 0 Å². The number of halogens is 4. The van der Waals surface area contributed by atoms with Crippen molar-refractivity contribution in [3.8, 4) is 0 Å². The van der Waals surface area contributed by atoms with Crippen molar-refractivity contribution in [2.45, 2.75) is 13.1 Å². The Morgan fingerprint density at radius 2 is 2.00 bits per heavy atom. The lowest BCUT2D eigenvalue weighted by atomic mass is 10.1. The van der Waals surface area contributed by atoms with Crippen LogP contribution in [0.4, 0.5) is 13.2 Å². The minimum atomic E-state index is -4.31. The molecule has 80 valence electrons. The highest BCUT2D eigenvalue weighted by molar-refractivity contribution is 9.08. The summed E-state index contributed by atoms with van der Waals surface area (Å²) in [6, 6.07) is 2.56. The van der Waals surface area contributed by atoms with Crippen LogP contribution in [0.25, 0.3) is 10.9 Å². The first kappa shape index (κ1) is 10.5. The maximum absolute atomic E-state index is 12.5. The smallest absolute Gasteiger partial charge is 0.197 e. The fraction of sp³-hybridized carbons (Fsp3) is 0.222. The molecule has 2 nitrogen and oxygen atoms in total. The van der Waals surface area contributed by atoms with Crippen molar-refractivity contribution in [3.05, 3.63) is 29.5 Å². The summed E-state index contributed by atoms with van der Waals surface area (Å²) in [6.45, 7) is 1.43. The van der Waals surface area contributed by atoms with Gasteiger partial charge in [-0.15, -0.1) is 0 Å². The fourth-order valence-corrected chi connectivity index (χ4v) is 1.85. The Bertz CT molecular complexity index is 516. The van der Waals surface area contributed by atoms with E-state index in [4.69, 9.17) is 0 Å². The largest absolute Gasteiger partial charge is 0.416 e. The Morgan fingerprint density at radius 3 is 2.60 bits per heavy atom. The van der Waals surface area contributed by atoms with Crippen LogP contribution in [0.15, 0.2) is 18.3 Å². The van der Waals surface area contributed by atoms with Gasteiger partial charge in [0.25, 0.3) is 0 Å². The van der Waals surface area contributed by atoms with E-state index < -0.39 is 11.7 Å². The third-order valence-electron chi connectivity index (χ3n) is 2.18. The number of aryl methyl sites for hydroxylation is 1. The van der Waals surface area contributed by atoms with Crippen molar-refractivity contribution in [1.29, 1.82) is 0 Å². The fourth-order valence-electron chi connectivity index (χ4n) is 1.45. The summed E-state index contributed by atoms with van der Waals surface area (Å²) in [5.74, 6) is 0. The minimum absolute atomic E-state index is 0.191. The molecule has 1 aromatic heterocycles. The predicted molar refractivity (Wildman–Crippen MR) is 53.8 cm³/mol. The van der Waals surface area contributed by atoms with E-state index in [9.17, 15) is 13.2 Å². The molecule has 2 rings (SSSR count). The van der Waals surface area contributed by atoms with E-state index in [2.05, 4.69) is 21.2 Å². The summed E-state index contributed by atoms with van der Waals surface area (Å²) in [5.41, 5.74) is 0.201. The molecule has 0 amide bonds. The van der Waals surface area contributed by atoms with Gasteiger partial charge in [-0.3, -0.25) is 0 Å². The first-order chi connectivity index (χ1) is 6.89. The maximum atomic E-state index is 12.5. The summed E-state index contributed by atoms with van der Waals surface area (Å²) in [4.78, 5) is 0. The molecule has 1 aromatic carbocycles. The normalized spacial score (nSPS) is 12.3. The Kier molecular flexibility index (Phi) is 2.26. The molecule has 0 aliphatic rings. The number of rotatable bonds is 0. The molecule has 0 spiro atoms. The van der Waals surface area contributed by atoms with Crippen LogP contribution >= 0.6 is 16.1 Å². The summed E-state index contributed by atoms with van der Waals surface area (Å²) in [7, 11) is 0. The van der Waals surface area contributed by atoms with E-state index in [1.54, 1.807) is 0 Å². The SMILES string of the molecule is Cc1cc2c(cnn2Br)cc1C(F)(F)F. The molecule has 0 fully saturated rings. The van der Waals surface area contributed by atoms with Crippen molar-refractivity contribution < 1.29 is 13.2 Å². The van der Waals surface area contributed by atoms with Crippen LogP contribution in [-0.2, 0) is 6.18 Å². The predicted octanol–water partition coefficient (Wildman–Crippen LogP) is 3.52. The molecule has 0 N–H and O–H groups in total. The van der Waals surface area contributed by atoms with E-state index in [0.717, 1.165) is 6.07 Å². The highest BCUT2D eigenvalue weighted by atomic mass is 79.9. The van der Waals surface area contributed by atoms with Gasteiger partial charge in [0.1, 0.15) is 0 Å². The zero-order valence-corrected chi connectivity index (χ0v) is 9.22. The van der Waals surface area contributed by atoms with E-state index in [1.165, 1.54) is 22.9 Å². The Morgan fingerprint density at radius 1 is 1.33 bits per heavy atom. The van der Waals surface area contributed by atoms with E-state index in [0.29, 0.717) is 10.9 Å². The molecule has 1 heterocycles. The van der Waals surface area contributed by atoms with Crippen molar-refractivity contribution >= 4 is 27.1 Å². The Labute approximate surface area is 92.0 Å². The van der Waals surface area contributed by atoms with Crippen LogP contribution in [-0.4, -0.2) is 8.81 Å². The lowest BCUT2D eigenvalue weighted by molar-refractivity contribution is -0.137. The molecule has 15 heavy (non-hydrogen) atoms. The Hall–Kier alpha value is -1.04. The van der Waals surface area contributed by atoms with Gasteiger partial charge in [-0.1, -0.05) is 0 Å². The van der Waals surface area contributed by atoms with Gasteiger partial charge < -0.3 is 0 Å². The summed E-state index contributed by atoms with van der Waals surface area (Å²) in [6.07, 6.45) is -2.93. The number of aromatic nitrogens is 2. The second-order valence-corrected chi connectivity index (χ2v) is 3.90. The highest BCUT2D eigenvalue weighted by Crippen LogP contribution is 2.34. The van der Waals surface area contributed by atoms with Gasteiger partial charge in [0, 0.05) is 5.39 Å². The van der Waals surface area contributed by atoms with Crippen molar-refractivity contribution in [2.24, 2.45) is 0 Å². The van der Waals surface area contributed by atoms with Gasteiger partial charge in [0.05, 0.1) is 33.4 Å². The lowest BCUT2D eigenvalue weighted by Crippen LogP contribution is -2.07. The third-order valence-corrected chi connectivity index (χ3v) is 2.74.